The smallest absolute Gasteiger partial charge is 0.309 e. The Bertz CT molecular complexity index is 324. The maximum Gasteiger partial charge on any atom is 0.309 e. The molecule has 1 saturated carbocycles. The van der Waals surface area contributed by atoms with Crippen molar-refractivity contribution in [3.63, 3.8) is 0 Å². The van der Waals surface area contributed by atoms with Crippen molar-refractivity contribution >= 4 is 5.97 Å². The number of rotatable bonds is 2. The molecule has 1 aliphatic heterocycles. The minimum absolute atomic E-state index is 0.0704. The summed E-state index contributed by atoms with van der Waals surface area (Å²) >= 11 is 0. The summed E-state index contributed by atoms with van der Waals surface area (Å²) < 4.78 is 0. The van der Waals surface area contributed by atoms with Gasteiger partial charge in [0.1, 0.15) is 0 Å². The third-order valence-corrected chi connectivity index (χ3v) is 4.75. The number of carboxylic acid groups (broad SMARTS) is 1. The van der Waals surface area contributed by atoms with E-state index >= 15 is 0 Å². The highest BCUT2D eigenvalue weighted by Gasteiger charge is 2.40. The molecule has 0 aromatic heterocycles. The average Bonchev–Trinajstić information content (AvgIpc) is 2.45. The Kier molecular flexibility index (Phi) is 4.51. The van der Waals surface area contributed by atoms with Crippen molar-refractivity contribution in [1.82, 2.24) is 9.80 Å². The zero-order valence-electron chi connectivity index (χ0n) is 12.6. The second-order valence-corrected chi connectivity index (χ2v) is 6.99. The van der Waals surface area contributed by atoms with Crippen molar-refractivity contribution in [1.29, 1.82) is 0 Å². The van der Waals surface area contributed by atoms with Gasteiger partial charge in [0.25, 0.3) is 0 Å². The van der Waals surface area contributed by atoms with E-state index < -0.39 is 5.97 Å². The summed E-state index contributed by atoms with van der Waals surface area (Å²) in [5.41, 5.74) is 0.0704. The van der Waals surface area contributed by atoms with Gasteiger partial charge in [0.15, 0.2) is 0 Å². The van der Waals surface area contributed by atoms with Crippen LogP contribution in [-0.2, 0) is 4.79 Å². The van der Waals surface area contributed by atoms with E-state index in [2.05, 4.69) is 23.6 Å². The van der Waals surface area contributed by atoms with Crippen LogP contribution in [0.1, 0.15) is 46.0 Å². The van der Waals surface area contributed by atoms with Crippen LogP contribution < -0.4 is 0 Å². The molecule has 1 saturated heterocycles. The standard InChI is InChI=1S/C15H28N2O2/c1-15(2)11-16(3)9-12(14(18)19)10-17(15)13-7-5-4-6-8-13/h12-13H,4-11H2,1-3H3,(H,18,19). The van der Waals surface area contributed by atoms with Gasteiger partial charge >= 0.3 is 5.97 Å². The van der Waals surface area contributed by atoms with E-state index in [4.69, 9.17) is 0 Å². The van der Waals surface area contributed by atoms with Crippen LogP contribution in [-0.4, -0.2) is 59.1 Å². The normalized spacial score (nSPS) is 31.0. The Morgan fingerprint density at radius 1 is 1.16 bits per heavy atom. The number of carbonyl (C=O) groups is 1. The number of hydrogen-bond donors (Lipinski definition) is 1. The molecule has 0 spiro atoms. The first kappa shape index (κ1) is 14.8. The number of nitrogens with zero attached hydrogens (tertiary/aromatic N) is 2. The minimum atomic E-state index is -0.648. The zero-order valence-corrected chi connectivity index (χ0v) is 12.6. The molecule has 1 unspecified atom stereocenters. The van der Waals surface area contributed by atoms with Gasteiger partial charge in [-0.25, -0.2) is 0 Å². The molecule has 4 heteroatoms. The zero-order chi connectivity index (χ0) is 14.0. The van der Waals surface area contributed by atoms with Crippen molar-refractivity contribution in [2.24, 2.45) is 5.92 Å². The van der Waals surface area contributed by atoms with Crippen LogP contribution in [0.25, 0.3) is 0 Å². The number of aliphatic carboxylic acids is 1. The predicted octanol–water partition coefficient (Wildman–Crippen LogP) is 2.05. The lowest BCUT2D eigenvalue weighted by Gasteiger charge is -2.45. The third kappa shape index (κ3) is 3.48. The fourth-order valence-electron chi connectivity index (χ4n) is 3.93. The van der Waals surface area contributed by atoms with E-state index in [0.717, 1.165) is 6.54 Å². The van der Waals surface area contributed by atoms with Gasteiger partial charge < -0.3 is 10.0 Å². The van der Waals surface area contributed by atoms with Gasteiger partial charge in [0.05, 0.1) is 5.92 Å². The molecule has 0 bridgehead atoms. The second-order valence-electron chi connectivity index (χ2n) is 6.99. The molecule has 1 aliphatic carbocycles. The van der Waals surface area contributed by atoms with Crippen LogP contribution >= 0.6 is 0 Å². The Balaban J connectivity index is 2.17. The molecular formula is C15H28N2O2. The fraction of sp³-hybridized carbons (Fsp3) is 0.933. The van der Waals surface area contributed by atoms with Gasteiger partial charge in [-0.15, -0.1) is 0 Å². The van der Waals surface area contributed by atoms with Gasteiger partial charge in [-0.1, -0.05) is 19.3 Å². The molecular weight excluding hydrogens is 240 g/mol. The molecule has 2 rings (SSSR count). The molecule has 19 heavy (non-hydrogen) atoms. The molecule has 0 aromatic carbocycles. The third-order valence-electron chi connectivity index (χ3n) is 4.75. The second kappa shape index (κ2) is 5.80. The van der Waals surface area contributed by atoms with Crippen LogP contribution in [0.5, 0.6) is 0 Å². The van der Waals surface area contributed by atoms with E-state index in [1.54, 1.807) is 0 Å². The number of carboxylic acids is 1. The molecule has 0 amide bonds. The number of likely N-dealkylation sites (N-methyl/N-ethyl adjacent to an activating group) is 1. The Hall–Kier alpha value is -0.610. The molecule has 1 heterocycles. The van der Waals surface area contributed by atoms with E-state index in [1.807, 2.05) is 7.05 Å². The summed E-state index contributed by atoms with van der Waals surface area (Å²) in [7, 11) is 2.04. The van der Waals surface area contributed by atoms with Crippen molar-refractivity contribution in [2.45, 2.75) is 57.5 Å². The lowest BCUT2D eigenvalue weighted by atomic mass is 9.89. The molecule has 1 N–H and O–H groups in total. The van der Waals surface area contributed by atoms with E-state index in [1.165, 1.54) is 32.1 Å². The van der Waals surface area contributed by atoms with Gasteiger partial charge in [-0.3, -0.25) is 9.69 Å². The van der Waals surface area contributed by atoms with Crippen LogP contribution in [0.2, 0.25) is 0 Å². The largest absolute Gasteiger partial charge is 0.481 e. The van der Waals surface area contributed by atoms with Crippen LogP contribution in [0.15, 0.2) is 0 Å². The van der Waals surface area contributed by atoms with Crippen molar-refractivity contribution in [3.8, 4) is 0 Å². The average molecular weight is 268 g/mol. The molecule has 1 atom stereocenters. The first-order chi connectivity index (χ1) is 8.90. The SMILES string of the molecule is CN1CC(C(=O)O)CN(C2CCCCC2)C(C)(C)C1. The highest BCUT2D eigenvalue weighted by Crippen LogP contribution is 2.31. The quantitative estimate of drug-likeness (QED) is 0.832. The first-order valence-corrected chi connectivity index (χ1v) is 7.58. The minimum Gasteiger partial charge on any atom is -0.481 e. The monoisotopic (exact) mass is 268 g/mol. The summed E-state index contributed by atoms with van der Waals surface area (Å²) in [6, 6.07) is 0.581. The summed E-state index contributed by atoms with van der Waals surface area (Å²) in [5.74, 6) is -0.904. The molecule has 4 nitrogen and oxygen atoms in total. The summed E-state index contributed by atoms with van der Waals surface area (Å²) in [5, 5.41) is 9.41. The maximum absolute atomic E-state index is 11.4. The molecule has 2 aliphatic rings. The molecule has 2 fully saturated rings. The molecule has 0 radical (unpaired) electrons. The highest BCUT2D eigenvalue weighted by atomic mass is 16.4. The van der Waals surface area contributed by atoms with Crippen molar-refractivity contribution in [2.75, 3.05) is 26.7 Å². The number of hydrogen-bond acceptors (Lipinski definition) is 3. The van der Waals surface area contributed by atoms with Gasteiger partial charge in [-0.2, -0.15) is 0 Å². The Labute approximate surface area is 116 Å². The van der Waals surface area contributed by atoms with Gasteiger partial charge in [0.2, 0.25) is 0 Å². The van der Waals surface area contributed by atoms with E-state index in [-0.39, 0.29) is 11.5 Å². The fourth-order valence-corrected chi connectivity index (χ4v) is 3.93. The predicted molar refractivity (Wildman–Crippen MR) is 76.3 cm³/mol. The van der Waals surface area contributed by atoms with Gasteiger partial charge in [0, 0.05) is 31.2 Å². The van der Waals surface area contributed by atoms with Crippen LogP contribution in [0.3, 0.4) is 0 Å². The Morgan fingerprint density at radius 2 is 1.79 bits per heavy atom. The topological polar surface area (TPSA) is 43.8 Å². The highest BCUT2D eigenvalue weighted by molar-refractivity contribution is 5.70. The summed E-state index contributed by atoms with van der Waals surface area (Å²) in [6.07, 6.45) is 6.40. The lowest BCUT2D eigenvalue weighted by Crippen LogP contribution is -2.54. The molecule has 0 aromatic rings. The lowest BCUT2D eigenvalue weighted by molar-refractivity contribution is -0.143. The first-order valence-electron chi connectivity index (χ1n) is 7.58. The van der Waals surface area contributed by atoms with Crippen LogP contribution in [0.4, 0.5) is 0 Å². The van der Waals surface area contributed by atoms with Crippen LogP contribution in [0, 0.1) is 5.92 Å². The van der Waals surface area contributed by atoms with E-state index in [0.29, 0.717) is 19.1 Å². The Morgan fingerprint density at radius 3 is 2.37 bits per heavy atom. The van der Waals surface area contributed by atoms with Crippen molar-refractivity contribution in [3.05, 3.63) is 0 Å². The summed E-state index contributed by atoms with van der Waals surface area (Å²) in [6.45, 7) is 6.86. The molecule has 110 valence electrons. The van der Waals surface area contributed by atoms with Gasteiger partial charge in [-0.05, 0) is 33.7 Å². The van der Waals surface area contributed by atoms with Crippen molar-refractivity contribution < 1.29 is 9.90 Å². The van der Waals surface area contributed by atoms with E-state index in [9.17, 15) is 9.90 Å². The summed E-state index contributed by atoms with van der Waals surface area (Å²) in [4.78, 5) is 16.1. The maximum atomic E-state index is 11.4.